The Morgan fingerprint density at radius 2 is 2.00 bits per heavy atom. The van der Waals surface area contributed by atoms with Gasteiger partial charge in [-0.2, -0.15) is 8.42 Å². The second-order valence-corrected chi connectivity index (χ2v) is 6.89. The fourth-order valence-electron chi connectivity index (χ4n) is 2.04. The van der Waals surface area contributed by atoms with E-state index in [0.717, 1.165) is 19.5 Å². The molecule has 0 aliphatic carbocycles. The van der Waals surface area contributed by atoms with Crippen LogP contribution in [0.1, 0.15) is 20.3 Å². The average Bonchev–Trinajstić information content (AvgIpc) is 2.41. The summed E-state index contributed by atoms with van der Waals surface area (Å²) in [5.41, 5.74) is 0.702. The highest BCUT2D eigenvalue weighted by Gasteiger charge is 2.24. The molecule has 5 nitrogen and oxygen atoms in total. The normalized spacial score (nSPS) is 16.4. The summed E-state index contributed by atoms with van der Waals surface area (Å²) in [6, 6.07) is 6.97. The molecule has 0 unspecified atom stereocenters. The van der Waals surface area contributed by atoms with Crippen LogP contribution in [0.5, 0.6) is 0 Å². The molecule has 0 aromatic heterocycles. The Bertz CT molecular complexity index is 582. The Morgan fingerprint density at radius 1 is 1.25 bits per heavy atom. The Hall–Kier alpha value is -1.40. The number of benzene rings is 1. The summed E-state index contributed by atoms with van der Waals surface area (Å²) in [5.74, 6) is 0.685. The van der Waals surface area contributed by atoms with E-state index in [0.29, 0.717) is 18.2 Å². The van der Waals surface area contributed by atoms with Gasteiger partial charge in [-0.1, -0.05) is 26.0 Å². The van der Waals surface area contributed by atoms with Crippen molar-refractivity contribution >= 4 is 22.0 Å². The highest BCUT2D eigenvalue weighted by molar-refractivity contribution is 7.90. The second-order valence-electron chi connectivity index (χ2n) is 5.29. The molecule has 0 saturated carbocycles. The number of nitrogens with one attached hydrogen (secondary N) is 1. The van der Waals surface area contributed by atoms with Gasteiger partial charge in [-0.15, -0.1) is 4.40 Å². The number of nitrogens with zero attached hydrogens (tertiary/aromatic N) is 2. The van der Waals surface area contributed by atoms with Gasteiger partial charge < -0.3 is 10.2 Å². The lowest BCUT2D eigenvalue weighted by Gasteiger charge is -2.25. The number of para-hydroxylation sites is 1. The van der Waals surface area contributed by atoms with Crippen molar-refractivity contribution in [1.29, 1.82) is 0 Å². The maximum Gasteiger partial charge on any atom is 0.285 e. The average molecular weight is 295 g/mol. The zero-order valence-corrected chi connectivity index (χ0v) is 12.7. The predicted molar refractivity (Wildman–Crippen MR) is 81.8 cm³/mol. The molecule has 0 fully saturated rings. The van der Waals surface area contributed by atoms with Crippen molar-refractivity contribution in [1.82, 2.24) is 5.32 Å². The van der Waals surface area contributed by atoms with Gasteiger partial charge in [-0.05, 0) is 31.0 Å². The third-order valence-corrected chi connectivity index (χ3v) is 4.48. The first kappa shape index (κ1) is 15.0. The minimum absolute atomic E-state index is 0.282. The van der Waals surface area contributed by atoms with Crippen LogP contribution in [0.15, 0.2) is 33.6 Å². The van der Waals surface area contributed by atoms with Crippen LogP contribution < -0.4 is 10.2 Å². The molecule has 0 radical (unpaired) electrons. The quantitative estimate of drug-likeness (QED) is 0.814. The standard InChI is InChI=1S/C14H21N3O2S/c1-12(2)7-8-15-9-10-17-11-16-20(18,19)14-6-4-3-5-13(14)17/h3-6,11-12,15H,7-10H2,1-2H3. The van der Waals surface area contributed by atoms with Gasteiger partial charge in [0, 0.05) is 13.1 Å². The number of rotatable bonds is 6. The topological polar surface area (TPSA) is 61.8 Å². The molecule has 1 heterocycles. The van der Waals surface area contributed by atoms with Crippen molar-refractivity contribution < 1.29 is 8.42 Å². The number of anilines is 1. The zero-order chi connectivity index (χ0) is 14.6. The van der Waals surface area contributed by atoms with Crippen molar-refractivity contribution in [2.75, 3.05) is 24.5 Å². The Balaban J connectivity index is 1.97. The van der Waals surface area contributed by atoms with E-state index in [2.05, 4.69) is 23.6 Å². The Kier molecular flexibility index (Phi) is 4.77. The van der Waals surface area contributed by atoms with Crippen LogP contribution in [0.25, 0.3) is 0 Å². The van der Waals surface area contributed by atoms with Crippen molar-refractivity contribution in [2.24, 2.45) is 10.3 Å². The largest absolute Gasteiger partial charge is 0.329 e. The van der Waals surface area contributed by atoms with E-state index in [1.165, 1.54) is 6.34 Å². The first-order valence-electron chi connectivity index (χ1n) is 6.87. The Morgan fingerprint density at radius 3 is 2.75 bits per heavy atom. The highest BCUT2D eigenvalue weighted by atomic mass is 32.2. The zero-order valence-electron chi connectivity index (χ0n) is 11.9. The fraction of sp³-hybridized carbons (Fsp3) is 0.500. The smallest absolute Gasteiger partial charge is 0.285 e. The number of fused-ring (bicyclic) bond motifs is 1. The molecule has 1 N–H and O–H groups in total. The van der Waals surface area contributed by atoms with Gasteiger partial charge >= 0.3 is 0 Å². The van der Waals surface area contributed by atoms with E-state index in [1.807, 2.05) is 17.0 Å². The summed E-state index contributed by atoms with van der Waals surface area (Å²) in [6.45, 7) is 6.87. The lowest BCUT2D eigenvalue weighted by atomic mass is 10.1. The third kappa shape index (κ3) is 3.58. The van der Waals surface area contributed by atoms with E-state index in [-0.39, 0.29) is 4.90 Å². The molecule has 6 heteroatoms. The minimum Gasteiger partial charge on any atom is -0.329 e. The number of hydrogen-bond donors (Lipinski definition) is 1. The first-order valence-corrected chi connectivity index (χ1v) is 8.31. The summed E-state index contributed by atoms with van der Waals surface area (Å²) in [6.07, 6.45) is 2.54. The molecule has 1 aliphatic heterocycles. The van der Waals surface area contributed by atoms with Crippen molar-refractivity contribution in [3.63, 3.8) is 0 Å². The maximum atomic E-state index is 11.8. The van der Waals surface area contributed by atoms with Crippen LogP contribution >= 0.6 is 0 Å². The van der Waals surface area contributed by atoms with Gasteiger partial charge in [0.15, 0.2) is 0 Å². The molecule has 1 aliphatic rings. The number of hydrogen-bond acceptors (Lipinski definition) is 4. The lowest BCUT2D eigenvalue weighted by molar-refractivity contribution is 0.541. The van der Waals surface area contributed by atoms with Crippen LogP contribution in [0.2, 0.25) is 0 Å². The monoisotopic (exact) mass is 295 g/mol. The summed E-state index contributed by atoms with van der Waals surface area (Å²) in [7, 11) is -3.51. The van der Waals surface area contributed by atoms with Crippen LogP contribution in [0.4, 0.5) is 5.69 Å². The molecular weight excluding hydrogens is 274 g/mol. The molecule has 20 heavy (non-hydrogen) atoms. The van der Waals surface area contributed by atoms with Crippen LogP contribution in [-0.4, -0.2) is 34.4 Å². The van der Waals surface area contributed by atoms with Crippen molar-refractivity contribution in [3.8, 4) is 0 Å². The molecule has 0 amide bonds. The summed E-state index contributed by atoms with van der Waals surface area (Å²) in [5, 5.41) is 3.36. The third-order valence-electron chi connectivity index (χ3n) is 3.21. The van der Waals surface area contributed by atoms with Gasteiger partial charge in [0.2, 0.25) is 0 Å². The van der Waals surface area contributed by atoms with E-state index in [1.54, 1.807) is 12.1 Å². The van der Waals surface area contributed by atoms with Crippen molar-refractivity contribution in [2.45, 2.75) is 25.2 Å². The maximum absolute atomic E-state index is 11.8. The van der Waals surface area contributed by atoms with Gasteiger partial charge in [0.05, 0.1) is 5.69 Å². The SMILES string of the molecule is CC(C)CCNCCN1C=NS(=O)(=O)c2ccccc21. The minimum atomic E-state index is -3.51. The molecule has 2 rings (SSSR count). The summed E-state index contributed by atoms with van der Waals surface area (Å²) in [4.78, 5) is 2.16. The molecule has 1 aromatic rings. The first-order chi connectivity index (χ1) is 9.50. The van der Waals surface area contributed by atoms with Crippen LogP contribution in [0.3, 0.4) is 0 Å². The Labute approximate surface area is 120 Å². The van der Waals surface area contributed by atoms with Gasteiger partial charge in [0.25, 0.3) is 10.0 Å². The van der Waals surface area contributed by atoms with Gasteiger partial charge in [0.1, 0.15) is 11.2 Å². The molecule has 0 saturated heterocycles. The highest BCUT2D eigenvalue weighted by Crippen LogP contribution is 2.28. The molecular formula is C14H21N3O2S. The lowest BCUT2D eigenvalue weighted by Crippen LogP contribution is -2.34. The molecule has 0 spiro atoms. The predicted octanol–water partition coefficient (Wildman–Crippen LogP) is 1.86. The van der Waals surface area contributed by atoms with E-state index < -0.39 is 10.0 Å². The fourth-order valence-corrected chi connectivity index (χ4v) is 3.10. The molecule has 0 atom stereocenters. The molecule has 110 valence electrons. The summed E-state index contributed by atoms with van der Waals surface area (Å²) < 4.78 is 27.3. The molecule has 1 aromatic carbocycles. The van der Waals surface area contributed by atoms with Gasteiger partial charge in [-0.3, -0.25) is 0 Å². The molecule has 0 bridgehead atoms. The van der Waals surface area contributed by atoms with Crippen LogP contribution in [-0.2, 0) is 10.0 Å². The van der Waals surface area contributed by atoms with Crippen molar-refractivity contribution in [3.05, 3.63) is 24.3 Å². The van der Waals surface area contributed by atoms with E-state index in [4.69, 9.17) is 0 Å². The van der Waals surface area contributed by atoms with Gasteiger partial charge in [-0.25, -0.2) is 0 Å². The van der Waals surface area contributed by atoms with E-state index >= 15 is 0 Å². The second kappa shape index (κ2) is 6.37. The number of sulfonamides is 1. The van der Waals surface area contributed by atoms with E-state index in [9.17, 15) is 8.42 Å². The summed E-state index contributed by atoms with van der Waals surface area (Å²) >= 11 is 0. The van der Waals surface area contributed by atoms with Crippen LogP contribution in [0, 0.1) is 5.92 Å².